The number of hydrogen-bond acceptors (Lipinski definition) is 5. The molecule has 36 heavy (non-hydrogen) atoms. The van der Waals surface area contributed by atoms with Crippen molar-refractivity contribution >= 4 is 33.6 Å². The molecule has 4 rings (SSSR count). The Morgan fingerprint density at radius 1 is 0.972 bits per heavy atom. The van der Waals surface area contributed by atoms with Crippen LogP contribution in [-0.2, 0) is 21.6 Å². The monoisotopic (exact) mass is 485 g/mol. The Hall–Kier alpha value is -3.93. The van der Waals surface area contributed by atoms with Gasteiger partial charge in [0.05, 0.1) is 0 Å². The Kier molecular flexibility index (Phi) is 6.97. The molecule has 1 aromatic heterocycles. The van der Waals surface area contributed by atoms with Crippen molar-refractivity contribution in [1.82, 2.24) is 5.32 Å². The van der Waals surface area contributed by atoms with Crippen LogP contribution in [0.15, 0.2) is 75.9 Å². The highest BCUT2D eigenvalue weighted by Gasteiger charge is 2.27. The van der Waals surface area contributed by atoms with Crippen molar-refractivity contribution in [2.24, 2.45) is 5.92 Å². The van der Waals surface area contributed by atoms with Crippen molar-refractivity contribution in [1.29, 1.82) is 0 Å². The number of carbonyl (C=O) groups excluding carboxylic acids is 2. The standard InChI is InChI=1S/C30H31NO5/c1-18(2)27(31-28(33)20-10-13-22(14-11-20)30(3,4)5)29(34)35-17-21-16-25(32)36-24-15-12-19-8-6-7-9-23(19)26(21)24/h6-16,18,27H,17H2,1-5H3,(H,31,33)/t27-/m1/s1. The SMILES string of the molecule is CC(C)[C@@H](NC(=O)c1ccc(C(C)(C)C)cc1)C(=O)OCc1cc(=O)oc2ccc3ccccc3c12. The fourth-order valence-electron chi connectivity index (χ4n) is 4.22. The molecular weight excluding hydrogens is 454 g/mol. The topological polar surface area (TPSA) is 85.6 Å². The van der Waals surface area contributed by atoms with E-state index in [9.17, 15) is 14.4 Å². The van der Waals surface area contributed by atoms with Crippen molar-refractivity contribution in [2.45, 2.75) is 52.7 Å². The molecule has 0 saturated carbocycles. The summed E-state index contributed by atoms with van der Waals surface area (Å²) in [6.45, 7) is 9.89. The second kappa shape index (κ2) is 9.97. The number of fused-ring (bicyclic) bond motifs is 3. The Labute approximate surface area is 210 Å². The van der Waals surface area contributed by atoms with Gasteiger partial charge in [0, 0.05) is 22.6 Å². The van der Waals surface area contributed by atoms with Crippen LogP contribution in [0.25, 0.3) is 21.7 Å². The maximum absolute atomic E-state index is 13.1. The zero-order valence-corrected chi connectivity index (χ0v) is 21.3. The number of ether oxygens (including phenoxy) is 1. The molecule has 0 radical (unpaired) electrons. The highest BCUT2D eigenvalue weighted by atomic mass is 16.5. The van der Waals surface area contributed by atoms with Crippen LogP contribution in [0.2, 0.25) is 0 Å². The zero-order chi connectivity index (χ0) is 26.0. The van der Waals surface area contributed by atoms with E-state index in [1.54, 1.807) is 18.2 Å². The minimum Gasteiger partial charge on any atom is -0.459 e. The van der Waals surface area contributed by atoms with E-state index in [-0.39, 0.29) is 23.8 Å². The summed E-state index contributed by atoms with van der Waals surface area (Å²) in [6, 6.07) is 19.2. The van der Waals surface area contributed by atoms with Gasteiger partial charge in [-0.25, -0.2) is 9.59 Å². The van der Waals surface area contributed by atoms with Gasteiger partial charge in [0.1, 0.15) is 18.2 Å². The van der Waals surface area contributed by atoms with Crippen molar-refractivity contribution in [3.63, 3.8) is 0 Å². The van der Waals surface area contributed by atoms with Crippen molar-refractivity contribution in [3.05, 3.63) is 93.8 Å². The second-order valence-electron chi connectivity index (χ2n) is 10.4. The molecule has 1 heterocycles. The number of amides is 1. The van der Waals surface area contributed by atoms with E-state index in [0.717, 1.165) is 21.7 Å². The molecule has 0 fully saturated rings. The normalized spacial score (nSPS) is 12.6. The lowest BCUT2D eigenvalue weighted by molar-refractivity contribution is -0.148. The van der Waals surface area contributed by atoms with Gasteiger partial charge >= 0.3 is 11.6 Å². The molecule has 6 nitrogen and oxygen atoms in total. The van der Waals surface area contributed by atoms with Gasteiger partial charge in [-0.3, -0.25) is 4.79 Å². The Morgan fingerprint density at radius 3 is 2.33 bits per heavy atom. The van der Waals surface area contributed by atoms with E-state index in [1.807, 2.05) is 56.3 Å². The minimum absolute atomic E-state index is 0.0244. The van der Waals surface area contributed by atoms with Crippen molar-refractivity contribution < 1.29 is 18.7 Å². The smallest absolute Gasteiger partial charge is 0.336 e. The fourth-order valence-corrected chi connectivity index (χ4v) is 4.22. The molecule has 0 aliphatic carbocycles. The van der Waals surface area contributed by atoms with Gasteiger partial charge in [0.15, 0.2) is 0 Å². The third kappa shape index (κ3) is 5.33. The lowest BCUT2D eigenvalue weighted by Gasteiger charge is -2.22. The maximum Gasteiger partial charge on any atom is 0.336 e. The first-order chi connectivity index (χ1) is 17.0. The number of hydrogen-bond donors (Lipinski definition) is 1. The molecule has 1 amide bonds. The first kappa shape index (κ1) is 25.2. The second-order valence-corrected chi connectivity index (χ2v) is 10.4. The quantitative estimate of drug-likeness (QED) is 0.214. The van der Waals surface area contributed by atoms with Crippen LogP contribution < -0.4 is 10.9 Å². The highest BCUT2D eigenvalue weighted by Crippen LogP contribution is 2.28. The first-order valence-corrected chi connectivity index (χ1v) is 12.1. The Bertz CT molecular complexity index is 1480. The molecule has 0 aliphatic rings. The summed E-state index contributed by atoms with van der Waals surface area (Å²) in [5, 5.41) is 5.42. The molecule has 1 N–H and O–H groups in total. The fraction of sp³-hybridized carbons (Fsp3) is 0.300. The molecule has 0 saturated heterocycles. The summed E-state index contributed by atoms with van der Waals surface area (Å²) < 4.78 is 11.0. The van der Waals surface area contributed by atoms with Gasteiger partial charge in [-0.2, -0.15) is 0 Å². The van der Waals surface area contributed by atoms with Crippen LogP contribution >= 0.6 is 0 Å². The summed E-state index contributed by atoms with van der Waals surface area (Å²) in [5.41, 5.74) is 2.03. The predicted molar refractivity (Wildman–Crippen MR) is 141 cm³/mol. The highest BCUT2D eigenvalue weighted by molar-refractivity contribution is 6.07. The van der Waals surface area contributed by atoms with Gasteiger partial charge in [-0.05, 0) is 45.9 Å². The van der Waals surface area contributed by atoms with E-state index >= 15 is 0 Å². The van der Waals surface area contributed by atoms with Crippen LogP contribution in [0.1, 0.15) is 56.1 Å². The third-order valence-corrected chi connectivity index (χ3v) is 6.30. The average molecular weight is 486 g/mol. The molecule has 4 aromatic rings. The van der Waals surface area contributed by atoms with E-state index in [2.05, 4.69) is 26.1 Å². The maximum atomic E-state index is 13.1. The van der Waals surface area contributed by atoms with Gasteiger partial charge in [0.2, 0.25) is 0 Å². The van der Waals surface area contributed by atoms with E-state index < -0.39 is 17.6 Å². The van der Waals surface area contributed by atoms with E-state index in [1.165, 1.54) is 6.07 Å². The zero-order valence-electron chi connectivity index (χ0n) is 21.3. The lowest BCUT2D eigenvalue weighted by Crippen LogP contribution is -2.45. The predicted octanol–water partition coefficient (Wildman–Crippen LogP) is 5.74. The van der Waals surface area contributed by atoms with E-state index in [0.29, 0.717) is 16.7 Å². The molecule has 6 heteroatoms. The molecule has 0 aliphatic heterocycles. The van der Waals surface area contributed by atoms with Crippen LogP contribution in [0, 0.1) is 5.92 Å². The lowest BCUT2D eigenvalue weighted by atomic mass is 9.86. The number of nitrogens with one attached hydrogen (secondary N) is 1. The van der Waals surface area contributed by atoms with Gasteiger partial charge < -0.3 is 14.5 Å². The van der Waals surface area contributed by atoms with Crippen LogP contribution in [0.3, 0.4) is 0 Å². The molecular formula is C30H31NO5. The third-order valence-electron chi connectivity index (χ3n) is 6.30. The van der Waals surface area contributed by atoms with Crippen LogP contribution in [-0.4, -0.2) is 17.9 Å². The average Bonchev–Trinajstić information content (AvgIpc) is 2.84. The molecule has 0 bridgehead atoms. The number of esters is 1. The molecule has 3 aromatic carbocycles. The Balaban J connectivity index is 1.54. The summed E-state index contributed by atoms with van der Waals surface area (Å²) >= 11 is 0. The summed E-state index contributed by atoms with van der Waals surface area (Å²) in [5.74, 6) is -1.11. The molecule has 0 unspecified atom stereocenters. The number of benzene rings is 3. The summed E-state index contributed by atoms with van der Waals surface area (Å²) in [4.78, 5) is 38.1. The van der Waals surface area contributed by atoms with Crippen molar-refractivity contribution in [3.8, 4) is 0 Å². The summed E-state index contributed by atoms with van der Waals surface area (Å²) in [7, 11) is 0. The summed E-state index contributed by atoms with van der Waals surface area (Å²) in [6.07, 6.45) is 0. The number of carbonyl (C=O) groups is 2. The van der Waals surface area contributed by atoms with Gasteiger partial charge in [-0.1, -0.05) is 77.1 Å². The van der Waals surface area contributed by atoms with Gasteiger partial charge in [0.25, 0.3) is 5.91 Å². The molecule has 0 spiro atoms. The number of rotatable bonds is 6. The minimum atomic E-state index is -0.845. The molecule has 186 valence electrons. The molecule has 1 atom stereocenters. The first-order valence-electron chi connectivity index (χ1n) is 12.1. The van der Waals surface area contributed by atoms with Crippen LogP contribution in [0.4, 0.5) is 0 Å². The van der Waals surface area contributed by atoms with Gasteiger partial charge in [-0.15, -0.1) is 0 Å². The van der Waals surface area contributed by atoms with E-state index in [4.69, 9.17) is 9.15 Å². The largest absolute Gasteiger partial charge is 0.459 e. The van der Waals surface area contributed by atoms with Crippen molar-refractivity contribution in [2.75, 3.05) is 0 Å². The van der Waals surface area contributed by atoms with Crippen LogP contribution in [0.5, 0.6) is 0 Å². The Morgan fingerprint density at radius 2 is 1.67 bits per heavy atom.